The number of ether oxygens (including phenoxy) is 1. The molecule has 0 aromatic carbocycles. The van der Waals surface area contributed by atoms with Gasteiger partial charge in [0.25, 0.3) is 0 Å². The van der Waals surface area contributed by atoms with E-state index in [1.165, 1.54) is 0 Å². The van der Waals surface area contributed by atoms with E-state index in [0.29, 0.717) is 0 Å². The Morgan fingerprint density at radius 3 is 2.46 bits per heavy atom. The number of allylic oxidation sites excluding steroid dienone is 1. The number of aliphatic hydroxyl groups is 2. The second-order valence-corrected chi connectivity index (χ2v) is 2.11. The Bertz CT molecular complexity index is 189. The summed E-state index contributed by atoms with van der Waals surface area (Å²) in [7, 11) is 0. The normalized spacial score (nSPS) is 11.3. The molecule has 0 aliphatic rings. The number of hydrogen-bond acceptors (Lipinski definition) is 4. The maximum absolute atomic E-state index is 12.4. The van der Waals surface area contributed by atoms with Gasteiger partial charge in [-0.3, -0.25) is 0 Å². The molecule has 6 heteroatoms. The summed E-state index contributed by atoms with van der Waals surface area (Å²) in [4.78, 5) is 10.6. The zero-order valence-corrected chi connectivity index (χ0v) is 7.95. The van der Waals surface area contributed by atoms with Crippen LogP contribution < -0.4 is 0 Å². The van der Waals surface area contributed by atoms with Crippen LogP contribution in [0.4, 0.5) is 4.39 Å². The van der Waals surface area contributed by atoms with Crippen molar-refractivity contribution >= 4 is 5.97 Å². The van der Waals surface area contributed by atoms with Crippen molar-refractivity contribution in [3.63, 3.8) is 0 Å². The van der Waals surface area contributed by atoms with Crippen molar-refractivity contribution in [1.29, 1.82) is 0 Å². The largest absolute Gasteiger partial charge is 0.509 e. The average molecular weight is 242 g/mol. The summed E-state index contributed by atoms with van der Waals surface area (Å²) < 4.78 is 16.8. The van der Waals surface area contributed by atoms with E-state index in [2.05, 4.69) is 4.74 Å². The minimum Gasteiger partial charge on any atom is -0.509 e. The third kappa shape index (κ3) is 6.57. The van der Waals surface area contributed by atoms with Gasteiger partial charge in [-0.15, -0.1) is 0 Å². The van der Waals surface area contributed by atoms with E-state index in [4.69, 9.17) is 10.2 Å². The zero-order valence-electron chi connectivity index (χ0n) is 7.01. The van der Waals surface area contributed by atoms with Crippen LogP contribution in [0.5, 0.6) is 0 Å². The predicted molar refractivity (Wildman–Crippen MR) is 39.1 cm³/mol. The molecule has 0 aromatic heterocycles. The molecule has 0 aliphatic carbocycles. The molecule has 1 radical (unpaired) electrons. The van der Waals surface area contributed by atoms with Crippen molar-refractivity contribution in [2.45, 2.75) is 13.3 Å². The Balaban J connectivity index is 0. The SMILES string of the molecule is C/C(O)=C(\F)C(=O)OCCCO.[Cu]. The minimum atomic E-state index is -1.30. The molecule has 0 unspecified atom stereocenters. The first-order valence-corrected chi connectivity index (χ1v) is 3.43. The molecule has 81 valence electrons. The molecule has 0 heterocycles. The van der Waals surface area contributed by atoms with Gasteiger partial charge in [-0.25, -0.2) is 4.79 Å². The second-order valence-electron chi connectivity index (χ2n) is 2.11. The van der Waals surface area contributed by atoms with Gasteiger partial charge >= 0.3 is 5.97 Å². The standard InChI is InChI=1S/C7H11FO4.Cu/c1-5(10)6(8)7(11)12-4-2-3-9;/h9-10H,2-4H2,1H3;/b6-5+;. The van der Waals surface area contributed by atoms with Crippen LogP contribution in [-0.2, 0) is 26.6 Å². The number of carbonyl (C=O) groups excluding carboxylic acids is 1. The molecule has 4 nitrogen and oxygen atoms in total. The van der Waals surface area contributed by atoms with Gasteiger partial charge in [0.05, 0.1) is 6.61 Å². The van der Waals surface area contributed by atoms with E-state index < -0.39 is 17.6 Å². The second kappa shape index (κ2) is 8.04. The Morgan fingerprint density at radius 1 is 1.54 bits per heavy atom. The first-order chi connectivity index (χ1) is 5.59. The Labute approximate surface area is 85.9 Å². The van der Waals surface area contributed by atoms with E-state index in [1.54, 1.807) is 0 Å². The van der Waals surface area contributed by atoms with Crippen LogP contribution >= 0.6 is 0 Å². The third-order valence-corrected chi connectivity index (χ3v) is 1.03. The summed E-state index contributed by atoms with van der Waals surface area (Å²) in [6, 6.07) is 0. The number of rotatable bonds is 4. The van der Waals surface area contributed by atoms with Gasteiger partial charge in [0, 0.05) is 30.1 Å². The first kappa shape index (κ1) is 14.9. The maximum Gasteiger partial charge on any atom is 0.370 e. The topological polar surface area (TPSA) is 66.8 Å². The molecule has 0 amide bonds. The molecule has 0 spiro atoms. The van der Waals surface area contributed by atoms with E-state index in [0.717, 1.165) is 6.92 Å². The molecular formula is C7H11CuFO4. The molecule has 0 fully saturated rings. The maximum atomic E-state index is 12.4. The zero-order chi connectivity index (χ0) is 9.56. The van der Waals surface area contributed by atoms with E-state index >= 15 is 0 Å². The number of hydrogen-bond donors (Lipinski definition) is 2. The molecule has 0 saturated carbocycles. The molecule has 0 rings (SSSR count). The van der Waals surface area contributed by atoms with Gasteiger partial charge in [-0.05, 0) is 6.92 Å². The van der Waals surface area contributed by atoms with Crippen LogP contribution in [0.25, 0.3) is 0 Å². The molecule has 0 aliphatic heterocycles. The van der Waals surface area contributed by atoms with Gasteiger partial charge in [0.2, 0.25) is 5.83 Å². The smallest absolute Gasteiger partial charge is 0.370 e. The minimum absolute atomic E-state index is 0. The number of esters is 1. The Kier molecular flexibility index (Phi) is 9.22. The molecule has 0 aromatic rings. The molecular weight excluding hydrogens is 231 g/mol. The van der Waals surface area contributed by atoms with Gasteiger partial charge in [-0.2, -0.15) is 4.39 Å². The Hall–Kier alpha value is -0.581. The summed E-state index contributed by atoms with van der Waals surface area (Å²) in [5.74, 6) is -3.21. The van der Waals surface area contributed by atoms with Crippen LogP contribution in [0.2, 0.25) is 0 Å². The number of aliphatic hydroxyl groups excluding tert-OH is 2. The summed E-state index contributed by atoms with van der Waals surface area (Å²) in [5.41, 5.74) is 0. The molecule has 13 heavy (non-hydrogen) atoms. The molecule has 0 bridgehead atoms. The number of halogens is 1. The van der Waals surface area contributed by atoms with Crippen molar-refractivity contribution in [3.8, 4) is 0 Å². The fourth-order valence-corrected chi connectivity index (χ4v) is 0.440. The van der Waals surface area contributed by atoms with Crippen molar-refractivity contribution in [2.75, 3.05) is 13.2 Å². The van der Waals surface area contributed by atoms with E-state index in [-0.39, 0.29) is 36.7 Å². The van der Waals surface area contributed by atoms with Crippen molar-refractivity contribution in [1.82, 2.24) is 0 Å². The molecule has 0 saturated heterocycles. The van der Waals surface area contributed by atoms with Crippen molar-refractivity contribution < 1.29 is 41.2 Å². The molecule has 2 N–H and O–H groups in total. The van der Waals surface area contributed by atoms with Crippen LogP contribution in [0, 0.1) is 0 Å². The van der Waals surface area contributed by atoms with Gasteiger partial charge in [0.1, 0.15) is 5.76 Å². The Morgan fingerprint density at radius 2 is 2.08 bits per heavy atom. The third-order valence-electron chi connectivity index (χ3n) is 1.03. The summed E-state index contributed by atoms with van der Waals surface area (Å²) in [6.45, 7) is 0.857. The summed E-state index contributed by atoms with van der Waals surface area (Å²) in [6.07, 6.45) is 0.253. The average Bonchev–Trinajstić information content (AvgIpc) is 2.03. The van der Waals surface area contributed by atoms with Crippen molar-refractivity contribution in [3.05, 3.63) is 11.6 Å². The fourth-order valence-electron chi connectivity index (χ4n) is 0.440. The van der Waals surface area contributed by atoms with Crippen LogP contribution in [-0.4, -0.2) is 29.4 Å². The van der Waals surface area contributed by atoms with Gasteiger partial charge < -0.3 is 14.9 Å². The quantitative estimate of drug-likeness (QED) is 0.250. The number of carbonyl (C=O) groups is 1. The van der Waals surface area contributed by atoms with E-state index in [9.17, 15) is 9.18 Å². The summed E-state index contributed by atoms with van der Waals surface area (Å²) >= 11 is 0. The van der Waals surface area contributed by atoms with Gasteiger partial charge in [0.15, 0.2) is 0 Å². The predicted octanol–water partition coefficient (Wildman–Crippen LogP) is 0.669. The van der Waals surface area contributed by atoms with Crippen molar-refractivity contribution in [2.24, 2.45) is 0 Å². The monoisotopic (exact) mass is 241 g/mol. The van der Waals surface area contributed by atoms with Crippen LogP contribution in [0.3, 0.4) is 0 Å². The van der Waals surface area contributed by atoms with Crippen LogP contribution in [0.15, 0.2) is 11.6 Å². The fraction of sp³-hybridized carbons (Fsp3) is 0.571. The summed E-state index contributed by atoms with van der Waals surface area (Å²) in [5, 5.41) is 16.8. The first-order valence-electron chi connectivity index (χ1n) is 3.43. The van der Waals surface area contributed by atoms with E-state index in [1.807, 2.05) is 0 Å². The van der Waals surface area contributed by atoms with Crippen LogP contribution in [0.1, 0.15) is 13.3 Å². The van der Waals surface area contributed by atoms with Gasteiger partial charge in [-0.1, -0.05) is 0 Å². The molecule has 0 atom stereocenters.